The van der Waals surface area contributed by atoms with Crippen LogP contribution in [0, 0.1) is 11.6 Å². The van der Waals surface area contributed by atoms with Gasteiger partial charge in [-0.3, -0.25) is 9.59 Å². The van der Waals surface area contributed by atoms with E-state index in [1.54, 1.807) is 0 Å². The molecule has 1 saturated heterocycles. The van der Waals surface area contributed by atoms with Crippen molar-refractivity contribution >= 4 is 17.6 Å². The maximum absolute atomic E-state index is 14.0. The first-order valence-electron chi connectivity index (χ1n) is 11.0. The number of ether oxygens (including phenoxy) is 1. The molecule has 1 aliphatic rings. The minimum absolute atomic E-state index is 0.0456. The average molecular weight is 522 g/mol. The lowest BCUT2D eigenvalue weighted by Crippen LogP contribution is -2.39. The minimum atomic E-state index is -4.78. The maximum atomic E-state index is 14.0. The summed E-state index contributed by atoms with van der Waals surface area (Å²) in [6.45, 7) is -0.391. The normalized spacial score (nSPS) is 14.5. The topological polar surface area (TPSA) is 124 Å². The van der Waals surface area contributed by atoms with Gasteiger partial charge in [-0.1, -0.05) is 6.07 Å². The number of hydrogen-bond donors (Lipinski definition) is 1. The first-order valence-corrected chi connectivity index (χ1v) is 11.0. The molecule has 9 nitrogen and oxygen atoms in total. The summed E-state index contributed by atoms with van der Waals surface area (Å²) in [4.78, 5) is 41.2. The highest BCUT2D eigenvalue weighted by Crippen LogP contribution is 2.31. The van der Waals surface area contributed by atoms with Gasteiger partial charge in [0.25, 0.3) is 5.91 Å². The molecule has 1 fully saturated rings. The first kappa shape index (κ1) is 25.9. The van der Waals surface area contributed by atoms with Gasteiger partial charge < -0.3 is 15.4 Å². The zero-order valence-corrected chi connectivity index (χ0v) is 19.0. The zero-order chi connectivity index (χ0) is 26.7. The Kier molecular flexibility index (Phi) is 7.27. The number of piperidine rings is 1. The van der Waals surface area contributed by atoms with Crippen LogP contribution in [0.15, 0.2) is 36.7 Å². The van der Waals surface area contributed by atoms with E-state index >= 15 is 0 Å². The van der Waals surface area contributed by atoms with Gasteiger partial charge in [0.1, 0.15) is 17.2 Å². The van der Waals surface area contributed by atoms with E-state index in [4.69, 9.17) is 10.5 Å². The van der Waals surface area contributed by atoms with E-state index in [1.165, 1.54) is 11.1 Å². The number of halogens is 5. The van der Waals surface area contributed by atoms with Crippen molar-refractivity contribution in [1.29, 1.82) is 0 Å². The molecule has 37 heavy (non-hydrogen) atoms. The number of ketones is 1. The molecule has 194 valence electrons. The van der Waals surface area contributed by atoms with Crippen molar-refractivity contribution in [2.45, 2.75) is 24.9 Å². The standard InChI is InChI=1S/C23H19F5N6O3/c24-14-2-1-3-15(25)18(14)20(36)34-8-5-12(6-9-34)19-13(10-31-22(29)33-19)16(35)11-37-17-4-7-30-21(32-17)23(26,27)28/h1-4,7,10,12H,5-6,8-9,11H2,(H2,29,31,33). The second-order valence-corrected chi connectivity index (χ2v) is 8.12. The number of nitrogens with zero attached hydrogens (tertiary/aromatic N) is 5. The second-order valence-electron chi connectivity index (χ2n) is 8.12. The Labute approximate surface area is 206 Å². The SMILES string of the molecule is Nc1ncc(C(=O)COc2ccnc(C(F)(F)F)n2)c(C2CCN(C(=O)c3c(F)cccc3F)CC2)n1. The summed E-state index contributed by atoms with van der Waals surface area (Å²) in [5.74, 6) is -5.66. The van der Waals surface area contributed by atoms with Crippen LogP contribution in [0.3, 0.4) is 0 Å². The molecule has 0 atom stereocenters. The molecule has 0 radical (unpaired) electrons. The number of Topliss-reactive ketones (excluding diaryl/α,β-unsaturated/α-hetero) is 1. The second kappa shape index (κ2) is 10.4. The number of amides is 1. The molecule has 2 N–H and O–H groups in total. The van der Waals surface area contributed by atoms with Crippen molar-refractivity contribution in [2.75, 3.05) is 25.4 Å². The zero-order valence-electron chi connectivity index (χ0n) is 19.0. The van der Waals surface area contributed by atoms with Crippen LogP contribution < -0.4 is 10.5 Å². The predicted octanol–water partition coefficient (Wildman–Crippen LogP) is 3.43. The number of nitrogens with two attached hydrogens (primary N) is 1. The van der Waals surface area contributed by atoms with Crippen molar-refractivity contribution in [3.63, 3.8) is 0 Å². The molecule has 0 spiro atoms. The van der Waals surface area contributed by atoms with E-state index in [9.17, 15) is 31.5 Å². The van der Waals surface area contributed by atoms with Crippen LogP contribution in [0.4, 0.5) is 27.9 Å². The Hall–Kier alpha value is -4.23. The third kappa shape index (κ3) is 5.78. The van der Waals surface area contributed by atoms with Crippen LogP contribution in [0.5, 0.6) is 5.88 Å². The van der Waals surface area contributed by atoms with Gasteiger partial charge in [0, 0.05) is 37.5 Å². The molecule has 0 saturated carbocycles. The Balaban J connectivity index is 1.46. The van der Waals surface area contributed by atoms with Gasteiger partial charge in [-0.05, 0) is 25.0 Å². The first-order chi connectivity index (χ1) is 17.5. The van der Waals surface area contributed by atoms with E-state index in [-0.39, 0.29) is 36.2 Å². The number of benzene rings is 1. The predicted molar refractivity (Wildman–Crippen MR) is 118 cm³/mol. The summed E-state index contributed by atoms with van der Waals surface area (Å²) in [5, 5.41) is 0. The third-order valence-corrected chi connectivity index (χ3v) is 5.72. The molecule has 1 aliphatic heterocycles. The monoisotopic (exact) mass is 522 g/mol. The fraction of sp³-hybridized carbons (Fsp3) is 0.304. The number of likely N-dealkylation sites (tertiary alicyclic amines) is 1. The largest absolute Gasteiger partial charge is 0.469 e. The van der Waals surface area contributed by atoms with E-state index in [1.807, 2.05) is 0 Å². The molecule has 3 heterocycles. The lowest BCUT2D eigenvalue weighted by atomic mass is 9.89. The van der Waals surface area contributed by atoms with Crippen LogP contribution in [-0.2, 0) is 6.18 Å². The van der Waals surface area contributed by atoms with Crippen LogP contribution in [0.2, 0.25) is 0 Å². The molecule has 0 aliphatic carbocycles. The summed E-state index contributed by atoms with van der Waals surface area (Å²) in [7, 11) is 0. The molecule has 2 aromatic heterocycles. The highest BCUT2D eigenvalue weighted by molar-refractivity contribution is 5.98. The fourth-order valence-electron chi connectivity index (χ4n) is 3.93. The Morgan fingerprint density at radius 3 is 2.38 bits per heavy atom. The Morgan fingerprint density at radius 1 is 1.05 bits per heavy atom. The number of rotatable bonds is 6. The third-order valence-electron chi connectivity index (χ3n) is 5.72. The molecule has 1 aromatic carbocycles. The van der Waals surface area contributed by atoms with Crippen molar-refractivity contribution in [3.05, 3.63) is 70.9 Å². The molecule has 3 aromatic rings. The van der Waals surface area contributed by atoms with Crippen molar-refractivity contribution in [3.8, 4) is 5.88 Å². The van der Waals surface area contributed by atoms with Crippen LogP contribution in [-0.4, -0.2) is 56.2 Å². The lowest BCUT2D eigenvalue weighted by molar-refractivity contribution is -0.145. The van der Waals surface area contributed by atoms with Crippen molar-refractivity contribution in [1.82, 2.24) is 24.8 Å². The summed E-state index contributed by atoms with van der Waals surface area (Å²) < 4.78 is 71.6. The van der Waals surface area contributed by atoms with Gasteiger partial charge >= 0.3 is 6.18 Å². The number of carbonyl (C=O) groups is 2. The van der Waals surface area contributed by atoms with E-state index in [0.717, 1.165) is 30.5 Å². The smallest absolute Gasteiger partial charge is 0.451 e. The van der Waals surface area contributed by atoms with Crippen LogP contribution >= 0.6 is 0 Å². The van der Waals surface area contributed by atoms with E-state index < -0.39 is 53.4 Å². The molecule has 4 rings (SSSR count). The van der Waals surface area contributed by atoms with Gasteiger partial charge in [0.2, 0.25) is 23.4 Å². The molecular weight excluding hydrogens is 503 g/mol. The maximum Gasteiger partial charge on any atom is 0.451 e. The molecule has 0 unspecified atom stereocenters. The summed E-state index contributed by atoms with van der Waals surface area (Å²) in [6, 6.07) is 4.24. The van der Waals surface area contributed by atoms with Gasteiger partial charge in [0.05, 0.1) is 11.3 Å². The minimum Gasteiger partial charge on any atom is -0.469 e. The summed E-state index contributed by atoms with van der Waals surface area (Å²) in [6.07, 6.45) is -2.12. The molecule has 14 heteroatoms. The van der Waals surface area contributed by atoms with Crippen molar-refractivity contribution < 1.29 is 36.3 Å². The number of carbonyl (C=O) groups excluding carboxylic acids is 2. The number of alkyl halides is 3. The number of aromatic nitrogens is 4. The summed E-state index contributed by atoms with van der Waals surface area (Å²) in [5.41, 5.74) is 5.39. The Bertz CT molecular complexity index is 1310. The number of nitrogen functional groups attached to an aromatic ring is 1. The van der Waals surface area contributed by atoms with Crippen LogP contribution in [0.25, 0.3) is 0 Å². The van der Waals surface area contributed by atoms with Gasteiger partial charge in [-0.25, -0.2) is 23.7 Å². The fourth-order valence-corrected chi connectivity index (χ4v) is 3.93. The van der Waals surface area contributed by atoms with Gasteiger partial charge in [0.15, 0.2) is 6.61 Å². The van der Waals surface area contributed by atoms with E-state index in [0.29, 0.717) is 12.8 Å². The molecular formula is C23H19F5N6O3. The number of hydrogen-bond acceptors (Lipinski definition) is 8. The quantitative estimate of drug-likeness (QED) is 0.386. The highest BCUT2D eigenvalue weighted by Gasteiger charge is 2.35. The molecule has 0 bridgehead atoms. The van der Waals surface area contributed by atoms with E-state index in [2.05, 4.69) is 19.9 Å². The van der Waals surface area contributed by atoms with Crippen molar-refractivity contribution in [2.24, 2.45) is 0 Å². The lowest BCUT2D eigenvalue weighted by Gasteiger charge is -2.32. The van der Waals surface area contributed by atoms with Crippen LogP contribution in [0.1, 0.15) is 51.0 Å². The summed E-state index contributed by atoms with van der Waals surface area (Å²) >= 11 is 0. The van der Waals surface area contributed by atoms with Gasteiger partial charge in [-0.15, -0.1) is 0 Å². The highest BCUT2D eigenvalue weighted by atomic mass is 19.4. The average Bonchev–Trinajstić information content (AvgIpc) is 2.87. The number of anilines is 1. The van der Waals surface area contributed by atoms with Gasteiger partial charge in [-0.2, -0.15) is 18.2 Å². The Morgan fingerprint density at radius 2 is 1.73 bits per heavy atom. The molecule has 1 amide bonds.